The number of nitrogens with zero attached hydrogens (tertiary/aromatic N) is 1. The van der Waals surface area contributed by atoms with E-state index < -0.39 is 5.82 Å². The van der Waals surface area contributed by atoms with Crippen molar-refractivity contribution in [1.29, 1.82) is 0 Å². The van der Waals surface area contributed by atoms with Gasteiger partial charge in [-0.05, 0) is 37.7 Å². The van der Waals surface area contributed by atoms with Crippen LogP contribution in [0.1, 0.15) is 6.42 Å². The van der Waals surface area contributed by atoms with Crippen LogP contribution in [-0.2, 0) is 4.79 Å². The summed E-state index contributed by atoms with van der Waals surface area (Å²) in [6, 6.07) is 4.60. The smallest absolute Gasteiger partial charge is 0.238 e. The lowest BCUT2D eigenvalue weighted by Gasteiger charge is -2.18. The van der Waals surface area contributed by atoms with E-state index in [0.29, 0.717) is 11.0 Å². The first-order valence-corrected chi connectivity index (χ1v) is 7.12. The number of rotatable bonds is 3. The Labute approximate surface area is 132 Å². The van der Waals surface area contributed by atoms with Crippen LogP contribution >= 0.6 is 28.3 Å². The topological polar surface area (TPSA) is 44.4 Å². The van der Waals surface area contributed by atoms with E-state index in [-0.39, 0.29) is 24.0 Å². The number of hydrogen-bond donors (Lipinski definition) is 2. The molecule has 2 rings (SSSR count). The Morgan fingerprint density at radius 3 is 2.95 bits per heavy atom. The van der Waals surface area contributed by atoms with E-state index in [9.17, 15) is 9.18 Å². The highest BCUT2D eigenvalue weighted by Crippen LogP contribution is 2.19. The Balaban J connectivity index is 0.00000200. The molecule has 1 aromatic rings. The molecular formula is C13H18BrClFN3O. The lowest BCUT2D eigenvalue weighted by atomic mass is 10.3. The van der Waals surface area contributed by atoms with E-state index >= 15 is 0 Å². The third-order valence-electron chi connectivity index (χ3n) is 3.01. The molecule has 0 aromatic heterocycles. The van der Waals surface area contributed by atoms with Crippen LogP contribution in [0.3, 0.4) is 0 Å². The number of benzene rings is 1. The molecule has 20 heavy (non-hydrogen) atoms. The van der Waals surface area contributed by atoms with Gasteiger partial charge in [0.05, 0.1) is 12.2 Å². The van der Waals surface area contributed by atoms with Crippen LogP contribution < -0.4 is 10.6 Å². The minimum absolute atomic E-state index is 0. The molecule has 0 radical (unpaired) electrons. The van der Waals surface area contributed by atoms with Gasteiger partial charge in [-0.3, -0.25) is 9.69 Å². The van der Waals surface area contributed by atoms with Crippen molar-refractivity contribution >= 4 is 39.9 Å². The maximum Gasteiger partial charge on any atom is 0.238 e. The van der Waals surface area contributed by atoms with Crippen LogP contribution in [0.25, 0.3) is 0 Å². The summed E-state index contributed by atoms with van der Waals surface area (Å²) in [5.74, 6) is -0.608. The minimum Gasteiger partial charge on any atom is -0.322 e. The molecule has 1 aromatic carbocycles. The number of halogens is 3. The second kappa shape index (κ2) is 8.56. The van der Waals surface area contributed by atoms with Gasteiger partial charge < -0.3 is 10.6 Å². The highest BCUT2D eigenvalue weighted by atomic mass is 79.9. The molecule has 2 N–H and O–H groups in total. The fourth-order valence-corrected chi connectivity index (χ4v) is 2.38. The summed E-state index contributed by atoms with van der Waals surface area (Å²) in [4.78, 5) is 14.0. The molecule has 0 aliphatic carbocycles. The first-order valence-electron chi connectivity index (χ1n) is 6.33. The van der Waals surface area contributed by atoms with Gasteiger partial charge in [-0.25, -0.2) is 4.39 Å². The Bertz CT molecular complexity index is 453. The van der Waals surface area contributed by atoms with E-state index in [1.165, 1.54) is 6.07 Å². The molecule has 1 amide bonds. The minimum atomic E-state index is -0.430. The molecule has 112 valence electrons. The summed E-state index contributed by atoms with van der Waals surface area (Å²) in [6.45, 7) is 3.91. The van der Waals surface area contributed by atoms with Crippen molar-refractivity contribution in [3.8, 4) is 0 Å². The van der Waals surface area contributed by atoms with Crippen LogP contribution in [0.15, 0.2) is 22.7 Å². The lowest BCUT2D eigenvalue weighted by molar-refractivity contribution is -0.117. The molecule has 0 bridgehead atoms. The van der Waals surface area contributed by atoms with Gasteiger partial charge in [-0.15, -0.1) is 12.4 Å². The highest BCUT2D eigenvalue weighted by molar-refractivity contribution is 9.10. The van der Waals surface area contributed by atoms with Crippen molar-refractivity contribution in [2.45, 2.75) is 6.42 Å². The number of hydrogen-bond acceptors (Lipinski definition) is 3. The maximum atomic E-state index is 13.6. The monoisotopic (exact) mass is 365 g/mol. The molecule has 0 unspecified atom stereocenters. The van der Waals surface area contributed by atoms with E-state index in [1.807, 2.05) is 0 Å². The summed E-state index contributed by atoms with van der Waals surface area (Å²) >= 11 is 3.18. The largest absolute Gasteiger partial charge is 0.322 e. The molecule has 0 spiro atoms. The highest BCUT2D eigenvalue weighted by Gasteiger charge is 2.14. The average molecular weight is 367 g/mol. The third-order valence-corrected chi connectivity index (χ3v) is 3.50. The predicted octanol–water partition coefficient (Wildman–Crippen LogP) is 2.24. The maximum absolute atomic E-state index is 13.6. The van der Waals surface area contributed by atoms with E-state index in [1.54, 1.807) is 12.1 Å². The van der Waals surface area contributed by atoms with Crippen molar-refractivity contribution in [2.24, 2.45) is 0 Å². The van der Waals surface area contributed by atoms with Crippen LogP contribution in [0, 0.1) is 5.82 Å². The van der Waals surface area contributed by atoms with Crippen LogP contribution in [0.5, 0.6) is 0 Å². The number of nitrogens with one attached hydrogen (secondary N) is 2. The van der Waals surface area contributed by atoms with E-state index in [2.05, 4.69) is 31.5 Å². The fraction of sp³-hybridized carbons (Fsp3) is 0.462. The molecule has 0 saturated carbocycles. The number of carbonyl (C=O) groups is 1. The fourth-order valence-electron chi connectivity index (χ4n) is 2.04. The summed E-state index contributed by atoms with van der Waals surface area (Å²) in [5, 5.41) is 5.89. The van der Waals surface area contributed by atoms with Crippen molar-refractivity contribution in [3.05, 3.63) is 28.5 Å². The molecule has 1 heterocycles. The van der Waals surface area contributed by atoms with Crippen LogP contribution in [0.2, 0.25) is 0 Å². The zero-order valence-corrected chi connectivity index (χ0v) is 13.4. The quantitative estimate of drug-likeness (QED) is 0.862. The van der Waals surface area contributed by atoms with Crippen LogP contribution in [0.4, 0.5) is 10.1 Å². The summed E-state index contributed by atoms with van der Waals surface area (Å²) in [6.07, 6.45) is 1.03. The van der Waals surface area contributed by atoms with Gasteiger partial charge in [0, 0.05) is 17.6 Å². The lowest BCUT2D eigenvalue weighted by Crippen LogP contribution is -2.35. The molecule has 1 saturated heterocycles. The Kier molecular flexibility index (Phi) is 7.43. The van der Waals surface area contributed by atoms with Gasteiger partial charge >= 0.3 is 0 Å². The molecule has 1 aliphatic heterocycles. The number of carbonyl (C=O) groups excluding carboxylic acids is 1. The third kappa shape index (κ3) is 5.36. The molecule has 1 aliphatic rings. The van der Waals surface area contributed by atoms with E-state index in [0.717, 1.165) is 32.6 Å². The predicted molar refractivity (Wildman–Crippen MR) is 83.9 cm³/mol. The average Bonchev–Trinajstić information content (AvgIpc) is 2.61. The number of anilines is 1. The molecule has 0 atom stereocenters. The van der Waals surface area contributed by atoms with Crippen molar-refractivity contribution in [1.82, 2.24) is 10.2 Å². The second-order valence-electron chi connectivity index (χ2n) is 4.55. The van der Waals surface area contributed by atoms with Crippen molar-refractivity contribution in [3.63, 3.8) is 0 Å². The molecular weight excluding hydrogens is 349 g/mol. The normalized spacial score (nSPS) is 16.1. The first kappa shape index (κ1) is 17.4. The molecule has 4 nitrogen and oxygen atoms in total. The van der Waals surface area contributed by atoms with E-state index in [4.69, 9.17) is 0 Å². The molecule has 1 fully saturated rings. The second-order valence-corrected chi connectivity index (χ2v) is 5.47. The van der Waals surface area contributed by atoms with Gasteiger partial charge in [-0.2, -0.15) is 0 Å². The van der Waals surface area contributed by atoms with Gasteiger partial charge in [0.2, 0.25) is 5.91 Å². The van der Waals surface area contributed by atoms with Gasteiger partial charge in [0.25, 0.3) is 0 Å². The summed E-state index contributed by atoms with van der Waals surface area (Å²) in [7, 11) is 0. The zero-order chi connectivity index (χ0) is 13.7. The number of amides is 1. The first-order chi connectivity index (χ1) is 9.15. The van der Waals surface area contributed by atoms with Gasteiger partial charge in [0.1, 0.15) is 5.82 Å². The zero-order valence-electron chi connectivity index (χ0n) is 11.0. The van der Waals surface area contributed by atoms with Crippen molar-refractivity contribution < 1.29 is 9.18 Å². The Hall–Kier alpha value is -0.690. The molecule has 7 heteroatoms. The van der Waals surface area contributed by atoms with Gasteiger partial charge in [0.15, 0.2) is 0 Å². The van der Waals surface area contributed by atoms with Gasteiger partial charge in [-0.1, -0.05) is 15.9 Å². The summed E-state index contributed by atoms with van der Waals surface area (Å²) < 4.78 is 14.2. The van der Waals surface area contributed by atoms with Crippen LogP contribution in [-0.4, -0.2) is 43.5 Å². The Morgan fingerprint density at radius 1 is 1.40 bits per heavy atom. The SMILES string of the molecule is Cl.O=C(CN1CCCNCC1)Nc1ccc(Br)cc1F. The van der Waals surface area contributed by atoms with Crippen molar-refractivity contribution in [2.75, 3.05) is 38.0 Å². The standard InChI is InChI=1S/C13H17BrFN3O.ClH/c14-10-2-3-12(11(15)8-10)17-13(19)9-18-6-1-4-16-5-7-18;/h2-3,8,16H,1,4-7,9H2,(H,17,19);1H. The summed E-state index contributed by atoms with van der Waals surface area (Å²) in [5.41, 5.74) is 0.223. The Morgan fingerprint density at radius 2 is 2.20 bits per heavy atom.